The Morgan fingerprint density at radius 1 is 1.33 bits per heavy atom. The summed E-state index contributed by atoms with van der Waals surface area (Å²) in [5.74, 6) is 0.689. The number of hydrogen-bond donors (Lipinski definition) is 1. The van der Waals surface area contributed by atoms with Crippen LogP contribution in [0, 0.1) is 6.92 Å². The zero-order valence-electron chi connectivity index (χ0n) is 9.19. The Morgan fingerprint density at radius 2 is 2.07 bits per heavy atom. The van der Waals surface area contributed by atoms with E-state index < -0.39 is 0 Å². The van der Waals surface area contributed by atoms with E-state index in [-0.39, 0.29) is 5.56 Å². The number of nitrogens with zero attached hydrogens (tertiary/aromatic N) is 2. The number of aryl methyl sites for hydroxylation is 1. The van der Waals surface area contributed by atoms with E-state index in [1.807, 2.05) is 19.9 Å². The second kappa shape index (κ2) is 5.14. The standard InChI is InChI=1S/C9H9N3O.C2H6/c1-7-3-2-6-12(9(7)13)8-4-5-10-11-8;1-2/h2-6H,1H3,(H,10,11);1-2H3. The molecule has 4 heteroatoms. The maximum Gasteiger partial charge on any atom is 0.259 e. The molecular weight excluding hydrogens is 190 g/mol. The van der Waals surface area contributed by atoms with E-state index >= 15 is 0 Å². The van der Waals surface area contributed by atoms with Crippen LogP contribution in [0.25, 0.3) is 5.82 Å². The third-order valence-electron chi connectivity index (χ3n) is 1.88. The quantitative estimate of drug-likeness (QED) is 0.773. The highest BCUT2D eigenvalue weighted by Crippen LogP contribution is 1.98. The molecule has 2 aromatic rings. The van der Waals surface area contributed by atoms with Gasteiger partial charge in [0.2, 0.25) is 0 Å². The normalized spacial score (nSPS) is 9.27. The van der Waals surface area contributed by atoms with Crippen molar-refractivity contribution in [1.82, 2.24) is 14.8 Å². The summed E-state index contributed by atoms with van der Waals surface area (Å²) >= 11 is 0. The second-order valence-electron chi connectivity index (χ2n) is 2.81. The zero-order chi connectivity index (χ0) is 11.3. The summed E-state index contributed by atoms with van der Waals surface area (Å²) in [6.45, 7) is 5.79. The Bertz CT molecular complexity index is 457. The van der Waals surface area contributed by atoms with E-state index in [0.29, 0.717) is 5.82 Å². The minimum Gasteiger partial charge on any atom is -0.269 e. The average Bonchev–Trinajstić information content (AvgIpc) is 2.78. The molecule has 2 heterocycles. The fourth-order valence-electron chi connectivity index (χ4n) is 1.17. The number of nitrogens with one attached hydrogen (secondary N) is 1. The molecule has 0 atom stereocenters. The molecule has 0 aliphatic rings. The van der Waals surface area contributed by atoms with E-state index in [4.69, 9.17) is 0 Å². The molecule has 0 unspecified atom stereocenters. The summed E-state index contributed by atoms with van der Waals surface area (Å²) in [6.07, 6.45) is 3.33. The van der Waals surface area contributed by atoms with Crippen LogP contribution < -0.4 is 5.56 Å². The van der Waals surface area contributed by atoms with Crippen LogP contribution in [0.1, 0.15) is 19.4 Å². The van der Waals surface area contributed by atoms with Gasteiger partial charge >= 0.3 is 0 Å². The molecule has 0 aliphatic carbocycles. The summed E-state index contributed by atoms with van der Waals surface area (Å²) in [4.78, 5) is 11.6. The van der Waals surface area contributed by atoms with Gasteiger partial charge in [-0.2, -0.15) is 5.10 Å². The number of rotatable bonds is 1. The predicted octanol–water partition coefficient (Wildman–Crippen LogP) is 1.90. The molecule has 0 saturated heterocycles. The van der Waals surface area contributed by atoms with E-state index in [2.05, 4.69) is 10.2 Å². The van der Waals surface area contributed by atoms with Crippen LogP contribution in [-0.4, -0.2) is 14.8 Å². The number of hydrogen-bond acceptors (Lipinski definition) is 2. The van der Waals surface area contributed by atoms with Crippen molar-refractivity contribution in [1.29, 1.82) is 0 Å². The van der Waals surface area contributed by atoms with Crippen molar-refractivity contribution in [3.63, 3.8) is 0 Å². The van der Waals surface area contributed by atoms with Gasteiger partial charge in [-0.25, -0.2) is 0 Å². The molecule has 4 nitrogen and oxygen atoms in total. The van der Waals surface area contributed by atoms with Crippen molar-refractivity contribution >= 4 is 0 Å². The third-order valence-corrected chi connectivity index (χ3v) is 1.88. The molecule has 80 valence electrons. The van der Waals surface area contributed by atoms with E-state index in [0.717, 1.165) is 5.56 Å². The summed E-state index contributed by atoms with van der Waals surface area (Å²) in [6, 6.07) is 5.37. The summed E-state index contributed by atoms with van der Waals surface area (Å²) in [5, 5.41) is 6.52. The molecule has 2 aromatic heterocycles. The second-order valence-corrected chi connectivity index (χ2v) is 2.81. The maximum absolute atomic E-state index is 11.6. The molecule has 0 aliphatic heterocycles. The Hall–Kier alpha value is -1.84. The van der Waals surface area contributed by atoms with Crippen LogP contribution in [0.2, 0.25) is 0 Å². The lowest BCUT2D eigenvalue weighted by Crippen LogP contribution is -2.19. The smallest absolute Gasteiger partial charge is 0.259 e. The molecule has 0 fully saturated rings. The molecule has 2 rings (SSSR count). The molecule has 0 bridgehead atoms. The van der Waals surface area contributed by atoms with Gasteiger partial charge in [-0.05, 0) is 13.0 Å². The van der Waals surface area contributed by atoms with E-state index in [1.165, 1.54) is 4.57 Å². The topological polar surface area (TPSA) is 50.7 Å². The predicted molar refractivity (Wildman–Crippen MR) is 60.3 cm³/mol. The molecule has 0 aromatic carbocycles. The molecule has 0 spiro atoms. The van der Waals surface area contributed by atoms with Gasteiger partial charge in [0.25, 0.3) is 5.56 Å². The fraction of sp³-hybridized carbons (Fsp3) is 0.273. The van der Waals surface area contributed by atoms with Crippen molar-refractivity contribution in [3.8, 4) is 5.82 Å². The van der Waals surface area contributed by atoms with Gasteiger partial charge in [-0.15, -0.1) is 0 Å². The van der Waals surface area contributed by atoms with Crippen LogP contribution in [-0.2, 0) is 0 Å². The van der Waals surface area contributed by atoms with Crippen LogP contribution in [0.5, 0.6) is 0 Å². The molecule has 0 radical (unpaired) electrons. The van der Waals surface area contributed by atoms with Gasteiger partial charge in [0, 0.05) is 17.8 Å². The third kappa shape index (κ3) is 2.34. The van der Waals surface area contributed by atoms with Crippen LogP contribution >= 0.6 is 0 Å². The Balaban J connectivity index is 0.000000531. The van der Waals surface area contributed by atoms with Gasteiger partial charge in [-0.3, -0.25) is 14.5 Å². The van der Waals surface area contributed by atoms with Crippen molar-refractivity contribution in [2.45, 2.75) is 20.8 Å². The van der Waals surface area contributed by atoms with Crippen LogP contribution in [0.15, 0.2) is 35.4 Å². The highest BCUT2D eigenvalue weighted by atomic mass is 16.1. The minimum absolute atomic E-state index is 0.0215. The average molecular weight is 205 g/mol. The Morgan fingerprint density at radius 3 is 2.67 bits per heavy atom. The lowest BCUT2D eigenvalue weighted by molar-refractivity contribution is 0.906. The van der Waals surface area contributed by atoms with Gasteiger partial charge < -0.3 is 0 Å². The molecule has 0 saturated carbocycles. The number of aromatic amines is 1. The number of H-pyrrole nitrogens is 1. The molecule has 15 heavy (non-hydrogen) atoms. The highest BCUT2D eigenvalue weighted by molar-refractivity contribution is 5.22. The van der Waals surface area contributed by atoms with Gasteiger partial charge in [-0.1, -0.05) is 19.9 Å². The summed E-state index contributed by atoms with van der Waals surface area (Å²) < 4.78 is 1.53. The SMILES string of the molecule is CC.Cc1cccn(-c2ccn[nH]2)c1=O. The van der Waals surface area contributed by atoms with Gasteiger partial charge in [0.05, 0.1) is 6.20 Å². The first kappa shape index (κ1) is 11.2. The maximum atomic E-state index is 11.6. The summed E-state index contributed by atoms with van der Waals surface area (Å²) in [5.41, 5.74) is 0.698. The van der Waals surface area contributed by atoms with E-state index in [9.17, 15) is 4.79 Å². The van der Waals surface area contributed by atoms with Crippen LogP contribution in [0.3, 0.4) is 0 Å². The first-order valence-electron chi connectivity index (χ1n) is 4.97. The first-order chi connectivity index (χ1) is 7.29. The fourth-order valence-corrected chi connectivity index (χ4v) is 1.17. The van der Waals surface area contributed by atoms with Crippen molar-refractivity contribution in [2.24, 2.45) is 0 Å². The van der Waals surface area contributed by atoms with Crippen molar-refractivity contribution in [2.75, 3.05) is 0 Å². The Labute approximate surface area is 88.6 Å². The van der Waals surface area contributed by atoms with Gasteiger partial charge in [0.1, 0.15) is 5.82 Å². The van der Waals surface area contributed by atoms with Crippen LogP contribution in [0.4, 0.5) is 0 Å². The lowest BCUT2D eigenvalue weighted by Gasteiger charge is -2.01. The largest absolute Gasteiger partial charge is 0.269 e. The number of aromatic nitrogens is 3. The molecule has 1 N–H and O–H groups in total. The van der Waals surface area contributed by atoms with Gasteiger partial charge in [0.15, 0.2) is 0 Å². The molecule has 0 amide bonds. The first-order valence-corrected chi connectivity index (χ1v) is 4.97. The monoisotopic (exact) mass is 205 g/mol. The van der Waals surface area contributed by atoms with E-state index in [1.54, 1.807) is 31.5 Å². The van der Waals surface area contributed by atoms with Crippen molar-refractivity contribution in [3.05, 3.63) is 46.5 Å². The number of pyridine rings is 1. The Kier molecular flexibility index (Phi) is 3.85. The molecular formula is C11H15N3O. The lowest BCUT2D eigenvalue weighted by atomic mass is 10.3. The minimum atomic E-state index is -0.0215. The van der Waals surface area contributed by atoms with Crippen molar-refractivity contribution < 1.29 is 0 Å². The zero-order valence-corrected chi connectivity index (χ0v) is 9.19. The summed E-state index contributed by atoms with van der Waals surface area (Å²) in [7, 11) is 0. The highest BCUT2D eigenvalue weighted by Gasteiger charge is 2.00.